The number of carbonyl (C=O) groups excluding carboxylic acids is 1. The first-order valence-corrected chi connectivity index (χ1v) is 11.2. The Morgan fingerprint density at radius 1 is 1.35 bits per heavy atom. The van der Waals surface area contributed by atoms with Crippen LogP contribution >= 0.6 is 0 Å². The number of hydrogen-bond acceptors (Lipinski definition) is 6. The Balaban J connectivity index is 1.79. The number of aromatic amines is 1. The Kier molecular flexibility index (Phi) is 8.06. The van der Waals surface area contributed by atoms with E-state index in [1.54, 1.807) is 17.3 Å². The third kappa shape index (κ3) is 5.84. The molecule has 1 aromatic carbocycles. The summed E-state index contributed by atoms with van der Waals surface area (Å²) in [4.78, 5) is 18.3. The molecule has 1 aromatic heterocycles. The van der Waals surface area contributed by atoms with Gasteiger partial charge in [0.2, 0.25) is 0 Å². The van der Waals surface area contributed by atoms with Gasteiger partial charge in [0.05, 0.1) is 11.4 Å². The molecule has 1 fully saturated rings. The van der Waals surface area contributed by atoms with Gasteiger partial charge in [-0.25, -0.2) is 10.2 Å². The molecule has 0 unspecified atom stereocenters. The Morgan fingerprint density at radius 2 is 2.10 bits per heavy atom. The zero-order valence-electron chi connectivity index (χ0n) is 18.4. The van der Waals surface area contributed by atoms with Crippen LogP contribution in [0.3, 0.4) is 0 Å². The van der Waals surface area contributed by atoms with Crippen molar-refractivity contribution in [2.24, 2.45) is 23.2 Å². The summed E-state index contributed by atoms with van der Waals surface area (Å²) in [7, 11) is 0. The van der Waals surface area contributed by atoms with Crippen LogP contribution in [0.15, 0.2) is 24.4 Å². The molecule has 0 bridgehead atoms. The molecule has 1 saturated heterocycles. The molecule has 3 rings (SSSR count). The van der Waals surface area contributed by atoms with Crippen molar-refractivity contribution in [2.45, 2.75) is 39.0 Å². The highest BCUT2D eigenvalue weighted by atomic mass is 19.1. The summed E-state index contributed by atoms with van der Waals surface area (Å²) in [6.07, 6.45) is 5.90. The van der Waals surface area contributed by atoms with Gasteiger partial charge in [0, 0.05) is 48.7 Å². The third-order valence-corrected chi connectivity index (χ3v) is 6.01. The number of unbranched alkanes of at least 4 members (excludes halogenated alkanes) is 1. The first-order valence-electron chi connectivity index (χ1n) is 11.2. The van der Waals surface area contributed by atoms with Crippen molar-refractivity contribution in [3.63, 3.8) is 0 Å². The van der Waals surface area contributed by atoms with E-state index in [0.29, 0.717) is 53.3 Å². The molecule has 0 atom stereocenters. The Labute approximate surface area is 183 Å². The van der Waals surface area contributed by atoms with E-state index in [1.807, 2.05) is 6.92 Å². The zero-order chi connectivity index (χ0) is 22.4. The normalized spacial score (nSPS) is 16.2. The van der Waals surface area contributed by atoms with Crippen LogP contribution in [0.5, 0.6) is 0 Å². The third-order valence-electron chi connectivity index (χ3n) is 6.01. The Hall–Kier alpha value is -2.42. The van der Waals surface area contributed by atoms with Crippen molar-refractivity contribution in [1.29, 1.82) is 0 Å². The molecule has 7 N–H and O–H groups in total. The van der Waals surface area contributed by atoms with Gasteiger partial charge in [-0.3, -0.25) is 4.79 Å². The topological polar surface area (TPSA) is 117 Å². The van der Waals surface area contributed by atoms with Crippen molar-refractivity contribution in [1.82, 2.24) is 14.9 Å². The predicted octanol–water partition coefficient (Wildman–Crippen LogP) is 2.78. The van der Waals surface area contributed by atoms with Crippen molar-refractivity contribution < 1.29 is 9.18 Å². The van der Waals surface area contributed by atoms with E-state index in [0.717, 1.165) is 45.3 Å². The summed E-state index contributed by atoms with van der Waals surface area (Å²) >= 11 is 0. The molecular weight excluding hydrogens is 395 g/mol. The van der Waals surface area contributed by atoms with E-state index in [-0.39, 0.29) is 11.6 Å². The van der Waals surface area contributed by atoms with Crippen LogP contribution in [0.25, 0.3) is 16.6 Å². The minimum absolute atomic E-state index is 0.0272. The fourth-order valence-electron chi connectivity index (χ4n) is 4.30. The number of likely N-dealkylation sites (tertiary alicyclic amines) is 1. The number of hydrazine groups is 1. The molecule has 2 aromatic rings. The number of nitrogens with two attached hydrogens (primary N) is 3. The molecule has 1 aliphatic heterocycles. The van der Waals surface area contributed by atoms with Gasteiger partial charge in [-0.1, -0.05) is 13.3 Å². The molecule has 7 nitrogen and oxygen atoms in total. The van der Waals surface area contributed by atoms with E-state index in [2.05, 4.69) is 9.88 Å². The number of Topliss-reactive ketones (excluding diaryl/α,β-unsaturated/α-hetero) is 1. The number of nitrogens with zero attached hydrogens (tertiary/aromatic N) is 2. The molecule has 31 heavy (non-hydrogen) atoms. The van der Waals surface area contributed by atoms with E-state index in [9.17, 15) is 9.18 Å². The van der Waals surface area contributed by atoms with E-state index in [4.69, 9.17) is 17.3 Å². The van der Waals surface area contributed by atoms with Gasteiger partial charge >= 0.3 is 0 Å². The number of piperidine rings is 1. The van der Waals surface area contributed by atoms with Crippen molar-refractivity contribution in [3.8, 4) is 0 Å². The summed E-state index contributed by atoms with van der Waals surface area (Å²) < 4.78 is 13.9. The molecule has 2 heterocycles. The lowest BCUT2D eigenvalue weighted by Crippen LogP contribution is -2.41. The summed E-state index contributed by atoms with van der Waals surface area (Å²) in [5.74, 6) is 6.33. The average Bonchev–Trinajstić information content (AvgIpc) is 3.12. The van der Waals surface area contributed by atoms with Gasteiger partial charge in [0.25, 0.3) is 0 Å². The number of carbonyl (C=O) groups is 1. The zero-order valence-corrected chi connectivity index (χ0v) is 18.4. The van der Waals surface area contributed by atoms with E-state index in [1.165, 1.54) is 12.1 Å². The first kappa shape index (κ1) is 23.2. The summed E-state index contributed by atoms with van der Waals surface area (Å²) in [6.45, 7) is 6.36. The minimum atomic E-state index is -0.373. The number of ketones is 1. The number of nitrogens with one attached hydrogen (secondary N) is 1. The van der Waals surface area contributed by atoms with Crippen LogP contribution in [0.2, 0.25) is 0 Å². The molecule has 1 aliphatic rings. The summed E-state index contributed by atoms with van der Waals surface area (Å²) in [5, 5.41) is 2.19. The fraction of sp³-hybridized carbons (Fsp3) is 0.522. The second-order valence-electron chi connectivity index (χ2n) is 8.45. The van der Waals surface area contributed by atoms with Crippen LogP contribution in [-0.4, -0.2) is 53.4 Å². The van der Waals surface area contributed by atoms with E-state index < -0.39 is 0 Å². The molecule has 0 radical (unpaired) electrons. The monoisotopic (exact) mass is 430 g/mol. The maximum Gasteiger partial charge on any atom is 0.179 e. The molecular formula is C23H35FN6O. The highest BCUT2D eigenvalue weighted by molar-refractivity contribution is 6.07. The number of H-pyrrole nitrogens is 1. The van der Waals surface area contributed by atoms with Crippen LogP contribution in [0.4, 0.5) is 4.39 Å². The van der Waals surface area contributed by atoms with Crippen LogP contribution in [-0.2, 0) is 0 Å². The average molecular weight is 431 g/mol. The number of hydrogen-bond donors (Lipinski definition) is 4. The van der Waals surface area contributed by atoms with Gasteiger partial charge in [0.1, 0.15) is 5.82 Å². The van der Waals surface area contributed by atoms with Crippen molar-refractivity contribution in [2.75, 3.05) is 32.7 Å². The maximum atomic E-state index is 13.9. The highest BCUT2D eigenvalue weighted by Gasteiger charge is 2.22. The number of benzene rings is 1. The molecule has 170 valence electrons. The van der Waals surface area contributed by atoms with Gasteiger partial charge in [-0.2, -0.15) is 0 Å². The predicted molar refractivity (Wildman–Crippen MR) is 123 cm³/mol. The van der Waals surface area contributed by atoms with E-state index >= 15 is 0 Å². The number of rotatable bonds is 10. The van der Waals surface area contributed by atoms with Gasteiger partial charge < -0.3 is 26.4 Å². The first-order chi connectivity index (χ1) is 14.9. The summed E-state index contributed by atoms with van der Waals surface area (Å²) in [6, 6.07) is 4.41. The van der Waals surface area contributed by atoms with Crippen molar-refractivity contribution in [3.05, 3.63) is 41.5 Å². The summed E-state index contributed by atoms with van der Waals surface area (Å²) in [5.41, 5.74) is 14.1. The van der Waals surface area contributed by atoms with Crippen molar-refractivity contribution >= 4 is 22.4 Å². The molecule has 8 heteroatoms. The smallest absolute Gasteiger partial charge is 0.179 e. The highest BCUT2D eigenvalue weighted by Crippen LogP contribution is 2.29. The second-order valence-corrected chi connectivity index (χ2v) is 8.45. The number of aromatic nitrogens is 1. The lowest BCUT2D eigenvalue weighted by molar-refractivity contribution is 0.0975. The number of halogens is 1. The minimum Gasteiger partial charge on any atom is -0.397 e. The molecule has 0 spiro atoms. The Morgan fingerprint density at radius 3 is 2.77 bits per heavy atom. The second kappa shape index (κ2) is 10.7. The molecule has 0 aliphatic carbocycles. The van der Waals surface area contributed by atoms with Gasteiger partial charge in [0.15, 0.2) is 5.78 Å². The maximum absolute atomic E-state index is 13.9. The number of fused-ring (bicyclic) bond motifs is 1. The van der Waals surface area contributed by atoms with Gasteiger partial charge in [-0.15, -0.1) is 0 Å². The molecule has 0 amide bonds. The Bertz CT molecular complexity index is 916. The molecule has 0 saturated carbocycles. The van der Waals surface area contributed by atoms with Gasteiger partial charge in [-0.05, 0) is 56.5 Å². The SMILES string of the molecule is CCCCC(=O)c1[nH]c2ccc(F)cc2c1/C(N)=C/N(N)CC1CCN(CCN)CC1. The largest absolute Gasteiger partial charge is 0.397 e. The van der Waals surface area contributed by atoms with Crippen LogP contribution in [0.1, 0.15) is 55.1 Å². The van der Waals surface area contributed by atoms with Crippen LogP contribution < -0.4 is 17.3 Å². The fourth-order valence-corrected chi connectivity index (χ4v) is 4.30. The quantitative estimate of drug-likeness (QED) is 0.262. The lowest BCUT2D eigenvalue weighted by Gasteiger charge is -2.33. The standard InChI is InChI=1S/C23H35FN6O/c1-2-3-4-21(31)23-22(18-13-17(24)5-6-20(18)28-23)19(26)15-30(27)14-16-7-10-29(11-8-16)12-9-25/h5-6,13,15-16,28H,2-4,7-12,14,25-27H2,1H3/b19-15-. The van der Waals surface area contributed by atoms with Crippen LogP contribution in [0, 0.1) is 11.7 Å². The lowest BCUT2D eigenvalue weighted by atomic mass is 9.96.